The normalized spacial score (nSPS) is 21.3. The van der Waals surface area contributed by atoms with E-state index < -0.39 is 0 Å². The van der Waals surface area contributed by atoms with E-state index in [1.54, 1.807) is 0 Å². The molecule has 2 aliphatic rings. The number of ether oxygens (including phenoxy) is 1. The number of carbonyl (C=O) groups is 2. The molecule has 1 aromatic carbocycles. The Morgan fingerprint density at radius 2 is 1.93 bits per heavy atom. The van der Waals surface area contributed by atoms with E-state index in [2.05, 4.69) is 22.3 Å². The predicted molar refractivity (Wildman–Crippen MR) is 104 cm³/mol. The quantitative estimate of drug-likeness (QED) is 0.746. The molecule has 0 saturated carbocycles. The minimum absolute atomic E-state index is 0.0795. The predicted octanol–water partition coefficient (Wildman–Crippen LogP) is 1.31. The van der Waals surface area contributed by atoms with Crippen LogP contribution in [0.25, 0.3) is 0 Å². The molecular weight excluding hydrogens is 342 g/mol. The van der Waals surface area contributed by atoms with Crippen molar-refractivity contribution in [2.45, 2.75) is 25.7 Å². The first-order valence-electron chi connectivity index (χ1n) is 10.1. The van der Waals surface area contributed by atoms with Gasteiger partial charge in [0.2, 0.25) is 11.8 Å². The first kappa shape index (κ1) is 19.8. The van der Waals surface area contributed by atoms with Crippen LogP contribution in [0.4, 0.5) is 0 Å². The van der Waals surface area contributed by atoms with Crippen molar-refractivity contribution in [1.82, 2.24) is 15.1 Å². The number of benzene rings is 1. The summed E-state index contributed by atoms with van der Waals surface area (Å²) in [5.74, 6) is 0.188. The van der Waals surface area contributed by atoms with Crippen LogP contribution in [0.5, 0.6) is 0 Å². The Bertz CT molecular complexity index is 602. The van der Waals surface area contributed by atoms with Crippen LogP contribution in [0.15, 0.2) is 30.3 Å². The second kappa shape index (κ2) is 10.4. The second-order valence-corrected chi connectivity index (χ2v) is 7.41. The van der Waals surface area contributed by atoms with Gasteiger partial charge in [-0.15, -0.1) is 0 Å². The van der Waals surface area contributed by atoms with Crippen LogP contribution >= 0.6 is 0 Å². The highest BCUT2D eigenvalue weighted by Gasteiger charge is 2.29. The lowest BCUT2D eigenvalue weighted by atomic mass is 9.96. The maximum Gasteiger partial charge on any atom is 0.224 e. The van der Waals surface area contributed by atoms with E-state index in [9.17, 15) is 9.59 Å². The number of nitrogens with zero attached hydrogens (tertiary/aromatic N) is 2. The van der Waals surface area contributed by atoms with Crippen LogP contribution in [0, 0.1) is 5.92 Å². The molecule has 1 atom stereocenters. The third-order valence-electron chi connectivity index (χ3n) is 5.44. The molecule has 2 saturated heterocycles. The van der Waals surface area contributed by atoms with Gasteiger partial charge in [0.05, 0.1) is 19.1 Å². The first-order valence-corrected chi connectivity index (χ1v) is 10.1. The zero-order chi connectivity index (χ0) is 18.9. The van der Waals surface area contributed by atoms with Crippen molar-refractivity contribution in [2.24, 2.45) is 5.92 Å². The van der Waals surface area contributed by atoms with Gasteiger partial charge >= 0.3 is 0 Å². The molecule has 0 aliphatic carbocycles. The molecule has 1 N–H and O–H groups in total. The fraction of sp³-hybridized carbons (Fsp3) is 0.619. The van der Waals surface area contributed by atoms with E-state index >= 15 is 0 Å². The highest BCUT2D eigenvalue weighted by molar-refractivity contribution is 5.83. The molecule has 0 bridgehead atoms. The smallest absolute Gasteiger partial charge is 0.224 e. The fourth-order valence-corrected chi connectivity index (χ4v) is 3.77. The summed E-state index contributed by atoms with van der Waals surface area (Å²) in [7, 11) is 0. The van der Waals surface area contributed by atoms with E-state index in [-0.39, 0.29) is 17.7 Å². The maximum absolute atomic E-state index is 12.5. The number of likely N-dealkylation sites (tertiary alicyclic amines) is 1. The Labute approximate surface area is 161 Å². The molecule has 2 amide bonds. The van der Waals surface area contributed by atoms with Gasteiger partial charge in [0, 0.05) is 45.7 Å². The fourth-order valence-electron chi connectivity index (χ4n) is 3.77. The Hall–Kier alpha value is -1.92. The summed E-state index contributed by atoms with van der Waals surface area (Å²) in [6.07, 6.45) is 3.03. The second-order valence-electron chi connectivity index (χ2n) is 7.41. The summed E-state index contributed by atoms with van der Waals surface area (Å²) in [4.78, 5) is 28.9. The van der Waals surface area contributed by atoms with E-state index in [0.29, 0.717) is 25.9 Å². The number of hydrogen-bond donors (Lipinski definition) is 1. The zero-order valence-electron chi connectivity index (χ0n) is 16.1. The number of carbonyl (C=O) groups excluding carboxylic acids is 2. The van der Waals surface area contributed by atoms with Crippen molar-refractivity contribution in [1.29, 1.82) is 0 Å². The summed E-state index contributed by atoms with van der Waals surface area (Å²) in [5, 5.41) is 3.06. The summed E-state index contributed by atoms with van der Waals surface area (Å²) < 4.78 is 5.34. The van der Waals surface area contributed by atoms with Crippen molar-refractivity contribution in [2.75, 3.05) is 52.5 Å². The van der Waals surface area contributed by atoms with Crippen LogP contribution in [-0.2, 0) is 20.7 Å². The molecule has 0 radical (unpaired) electrons. The van der Waals surface area contributed by atoms with Gasteiger partial charge in [0.25, 0.3) is 0 Å². The zero-order valence-corrected chi connectivity index (χ0v) is 16.1. The average Bonchev–Trinajstić information content (AvgIpc) is 2.71. The van der Waals surface area contributed by atoms with Gasteiger partial charge in [0.1, 0.15) is 0 Å². The Kier molecular flexibility index (Phi) is 7.66. The van der Waals surface area contributed by atoms with Crippen molar-refractivity contribution < 1.29 is 14.3 Å². The maximum atomic E-state index is 12.5. The monoisotopic (exact) mass is 373 g/mol. The molecular formula is C21H31N3O3. The summed E-state index contributed by atoms with van der Waals surface area (Å²) >= 11 is 0. The van der Waals surface area contributed by atoms with Crippen LogP contribution in [0.1, 0.15) is 24.8 Å². The van der Waals surface area contributed by atoms with Crippen LogP contribution < -0.4 is 5.32 Å². The van der Waals surface area contributed by atoms with Gasteiger partial charge < -0.3 is 15.0 Å². The third kappa shape index (κ3) is 6.33. The van der Waals surface area contributed by atoms with E-state index in [1.165, 1.54) is 5.56 Å². The lowest BCUT2D eigenvalue weighted by Crippen LogP contribution is -2.47. The number of piperidine rings is 1. The van der Waals surface area contributed by atoms with Crippen LogP contribution in [-0.4, -0.2) is 74.1 Å². The van der Waals surface area contributed by atoms with Crippen LogP contribution in [0.3, 0.4) is 0 Å². The highest BCUT2D eigenvalue weighted by atomic mass is 16.5. The number of rotatable bonds is 8. The molecule has 1 unspecified atom stereocenters. The summed E-state index contributed by atoms with van der Waals surface area (Å²) in [5.41, 5.74) is 1.29. The lowest BCUT2D eigenvalue weighted by molar-refractivity contribution is -0.138. The first-order chi connectivity index (χ1) is 13.2. The number of morpholine rings is 1. The van der Waals surface area contributed by atoms with Crippen molar-refractivity contribution >= 4 is 11.8 Å². The molecule has 6 nitrogen and oxygen atoms in total. The molecule has 6 heteroatoms. The molecule has 1 aromatic rings. The number of hydrogen-bond acceptors (Lipinski definition) is 4. The molecule has 2 aliphatic heterocycles. The summed E-state index contributed by atoms with van der Waals surface area (Å²) in [6, 6.07) is 10.3. The topological polar surface area (TPSA) is 61.9 Å². The number of amides is 2. The Balaban J connectivity index is 1.37. The average molecular weight is 373 g/mol. The number of nitrogens with one attached hydrogen (secondary N) is 1. The molecule has 27 heavy (non-hydrogen) atoms. The summed E-state index contributed by atoms with van der Waals surface area (Å²) in [6.45, 7) is 6.22. The van der Waals surface area contributed by atoms with Gasteiger partial charge in [-0.3, -0.25) is 14.5 Å². The molecule has 2 fully saturated rings. The molecule has 0 aromatic heterocycles. The minimum atomic E-state index is -0.0795. The Morgan fingerprint density at radius 1 is 1.15 bits per heavy atom. The third-order valence-corrected chi connectivity index (χ3v) is 5.44. The molecule has 2 heterocycles. The van der Waals surface area contributed by atoms with E-state index in [4.69, 9.17) is 4.74 Å². The minimum Gasteiger partial charge on any atom is -0.379 e. The van der Waals surface area contributed by atoms with Crippen LogP contribution in [0.2, 0.25) is 0 Å². The van der Waals surface area contributed by atoms with Crippen molar-refractivity contribution in [3.63, 3.8) is 0 Å². The van der Waals surface area contributed by atoms with E-state index in [1.807, 2.05) is 23.1 Å². The largest absolute Gasteiger partial charge is 0.379 e. The van der Waals surface area contributed by atoms with Gasteiger partial charge in [-0.2, -0.15) is 0 Å². The van der Waals surface area contributed by atoms with Gasteiger partial charge in [0.15, 0.2) is 0 Å². The SMILES string of the molecule is O=C(NCCN1CCOCC1)C1CCC(=O)N(CCCc2ccccc2)C1. The molecule has 3 rings (SSSR count). The standard InChI is InChI=1S/C21H31N3O3/c25-20-9-8-19(21(26)22-10-12-23-13-15-27-16-14-23)17-24(20)11-4-7-18-5-2-1-3-6-18/h1-3,5-6,19H,4,7-17H2,(H,22,26). The lowest BCUT2D eigenvalue weighted by Gasteiger charge is -2.32. The van der Waals surface area contributed by atoms with E-state index in [0.717, 1.165) is 52.2 Å². The van der Waals surface area contributed by atoms with Crippen molar-refractivity contribution in [3.05, 3.63) is 35.9 Å². The van der Waals surface area contributed by atoms with Crippen molar-refractivity contribution in [3.8, 4) is 0 Å². The van der Waals surface area contributed by atoms with Gasteiger partial charge in [-0.25, -0.2) is 0 Å². The van der Waals surface area contributed by atoms with Gasteiger partial charge in [-0.1, -0.05) is 30.3 Å². The van der Waals surface area contributed by atoms with Gasteiger partial charge in [-0.05, 0) is 24.8 Å². The molecule has 0 spiro atoms. The Morgan fingerprint density at radius 3 is 2.70 bits per heavy atom. The number of aryl methyl sites for hydroxylation is 1. The highest BCUT2D eigenvalue weighted by Crippen LogP contribution is 2.18. The molecule has 148 valence electrons.